The molecule has 0 atom stereocenters. The van der Waals surface area contributed by atoms with Crippen LogP contribution in [0.3, 0.4) is 0 Å². The normalized spacial score (nSPS) is 14.9. The lowest BCUT2D eigenvalue weighted by molar-refractivity contribution is -0.138. The Morgan fingerprint density at radius 3 is 2.37 bits per heavy atom. The molecular formula is C27H29F3N6O2. The second-order valence-corrected chi connectivity index (χ2v) is 9.84. The Morgan fingerprint density at radius 1 is 0.947 bits per heavy atom. The molecule has 0 saturated carbocycles. The minimum absolute atomic E-state index is 0.0161. The van der Waals surface area contributed by atoms with Gasteiger partial charge in [-0.25, -0.2) is 4.79 Å². The van der Waals surface area contributed by atoms with Crippen molar-refractivity contribution in [3.8, 4) is 0 Å². The minimum Gasteiger partial charge on any atom is -0.340 e. The lowest BCUT2D eigenvalue weighted by atomic mass is 10.0. The Balaban J connectivity index is 1.50. The van der Waals surface area contributed by atoms with E-state index in [4.69, 9.17) is 0 Å². The van der Waals surface area contributed by atoms with Crippen LogP contribution in [0.2, 0.25) is 0 Å². The minimum atomic E-state index is -4.55. The molecule has 0 bridgehead atoms. The number of anilines is 1. The quantitative estimate of drug-likeness (QED) is 0.431. The molecule has 4 aromatic rings. The van der Waals surface area contributed by atoms with Gasteiger partial charge in [-0.3, -0.25) is 23.8 Å². The van der Waals surface area contributed by atoms with E-state index in [2.05, 4.69) is 46.9 Å². The number of hydrogen-bond donors (Lipinski definition) is 1. The first kappa shape index (κ1) is 25.8. The van der Waals surface area contributed by atoms with Gasteiger partial charge in [0.2, 0.25) is 5.95 Å². The molecule has 0 amide bonds. The van der Waals surface area contributed by atoms with Crippen molar-refractivity contribution in [2.45, 2.75) is 33.1 Å². The van der Waals surface area contributed by atoms with Gasteiger partial charge in [0.1, 0.15) is 0 Å². The summed E-state index contributed by atoms with van der Waals surface area (Å²) >= 11 is 0. The third-order valence-corrected chi connectivity index (χ3v) is 7.19. The Labute approximate surface area is 216 Å². The van der Waals surface area contributed by atoms with Gasteiger partial charge in [-0.15, -0.1) is 0 Å². The van der Waals surface area contributed by atoms with E-state index in [0.717, 1.165) is 12.6 Å². The van der Waals surface area contributed by atoms with Gasteiger partial charge >= 0.3 is 11.9 Å². The summed E-state index contributed by atoms with van der Waals surface area (Å²) in [6, 6.07) is 11.7. The number of imidazole rings is 1. The van der Waals surface area contributed by atoms with Crippen LogP contribution < -0.4 is 16.1 Å². The molecule has 11 heteroatoms. The fraction of sp³-hybridized carbons (Fsp3) is 0.370. The molecule has 5 rings (SSSR count). The van der Waals surface area contributed by atoms with Gasteiger partial charge < -0.3 is 4.90 Å². The summed E-state index contributed by atoms with van der Waals surface area (Å²) < 4.78 is 44.0. The van der Waals surface area contributed by atoms with Crippen molar-refractivity contribution in [3.05, 3.63) is 91.1 Å². The van der Waals surface area contributed by atoms with E-state index < -0.39 is 23.0 Å². The Morgan fingerprint density at radius 2 is 1.66 bits per heavy atom. The molecule has 1 N–H and O–H groups in total. The Hall–Kier alpha value is -3.86. The first-order chi connectivity index (χ1) is 18.0. The van der Waals surface area contributed by atoms with E-state index in [1.165, 1.54) is 51.1 Å². The summed E-state index contributed by atoms with van der Waals surface area (Å²) in [4.78, 5) is 36.3. The van der Waals surface area contributed by atoms with Crippen LogP contribution in [0.4, 0.5) is 19.1 Å². The summed E-state index contributed by atoms with van der Waals surface area (Å²) in [5, 5.41) is 0. The number of fused-ring (bicyclic) bond motifs is 1. The van der Waals surface area contributed by atoms with Crippen LogP contribution >= 0.6 is 0 Å². The van der Waals surface area contributed by atoms with Crippen LogP contribution in [0.5, 0.6) is 0 Å². The van der Waals surface area contributed by atoms with Gasteiger partial charge in [0, 0.05) is 39.8 Å². The molecule has 0 unspecified atom stereocenters. The fourth-order valence-electron chi connectivity index (χ4n) is 5.04. The molecule has 1 fully saturated rings. The predicted molar refractivity (Wildman–Crippen MR) is 140 cm³/mol. The van der Waals surface area contributed by atoms with Crippen molar-refractivity contribution >= 4 is 17.1 Å². The summed E-state index contributed by atoms with van der Waals surface area (Å²) in [6.45, 7) is 7.31. The van der Waals surface area contributed by atoms with Crippen LogP contribution in [0.1, 0.15) is 27.8 Å². The number of aromatic amines is 1. The van der Waals surface area contributed by atoms with Crippen molar-refractivity contribution in [2.75, 3.05) is 31.1 Å². The highest BCUT2D eigenvalue weighted by molar-refractivity contribution is 5.74. The maximum atomic E-state index is 13.8. The number of halogens is 3. The summed E-state index contributed by atoms with van der Waals surface area (Å²) in [5.41, 5.74) is 1.82. The highest BCUT2D eigenvalue weighted by Gasteiger charge is 2.34. The van der Waals surface area contributed by atoms with E-state index in [-0.39, 0.29) is 23.3 Å². The molecule has 1 saturated heterocycles. The number of nitrogens with one attached hydrogen (secondary N) is 1. The molecule has 2 aromatic carbocycles. The van der Waals surface area contributed by atoms with Crippen molar-refractivity contribution in [1.29, 1.82) is 0 Å². The van der Waals surface area contributed by atoms with Crippen molar-refractivity contribution in [3.63, 3.8) is 0 Å². The highest BCUT2D eigenvalue weighted by atomic mass is 19.4. The summed E-state index contributed by atoms with van der Waals surface area (Å²) in [7, 11) is 1.48. The van der Waals surface area contributed by atoms with Crippen LogP contribution in [-0.4, -0.2) is 50.2 Å². The van der Waals surface area contributed by atoms with Gasteiger partial charge in [-0.05, 0) is 36.6 Å². The molecule has 200 valence electrons. The van der Waals surface area contributed by atoms with Crippen molar-refractivity contribution in [2.24, 2.45) is 7.05 Å². The maximum absolute atomic E-state index is 13.8. The molecule has 0 radical (unpaired) electrons. The number of aryl methyl sites for hydroxylation is 3. The maximum Gasteiger partial charge on any atom is 0.416 e. The first-order valence-electron chi connectivity index (χ1n) is 12.4. The second kappa shape index (κ2) is 9.79. The molecule has 2 aromatic heterocycles. The highest BCUT2D eigenvalue weighted by Crippen LogP contribution is 2.33. The summed E-state index contributed by atoms with van der Waals surface area (Å²) in [6.07, 6.45) is -4.55. The number of hydrogen-bond acceptors (Lipinski definition) is 5. The Bertz CT molecular complexity index is 1610. The van der Waals surface area contributed by atoms with Gasteiger partial charge in [-0.1, -0.05) is 42.0 Å². The zero-order valence-corrected chi connectivity index (χ0v) is 21.5. The van der Waals surface area contributed by atoms with Gasteiger partial charge in [0.05, 0.1) is 12.1 Å². The molecular weight excluding hydrogens is 497 g/mol. The fourth-order valence-corrected chi connectivity index (χ4v) is 5.04. The number of H-pyrrole nitrogens is 1. The number of aromatic nitrogens is 4. The number of nitrogens with zero attached hydrogens (tertiary/aromatic N) is 5. The lowest BCUT2D eigenvalue weighted by Gasteiger charge is -2.35. The van der Waals surface area contributed by atoms with E-state index in [9.17, 15) is 22.8 Å². The summed E-state index contributed by atoms with van der Waals surface area (Å²) in [5.74, 6) is 0.370. The van der Waals surface area contributed by atoms with Crippen LogP contribution in [0.15, 0.2) is 52.1 Å². The second-order valence-electron chi connectivity index (χ2n) is 9.84. The van der Waals surface area contributed by atoms with Crippen LogP contribution in [0, 0.1) is 13.8 Å². The molecule has 8 nitrogen and oxygen atoms in total. The van der Waals surface area contributed by atoms with E-state index in [1.54, 1.807) is 0 Å². The van der Waals surface area contributed by atoms with E-state index in [0.29, 0.717) is 32.1 Å². The topological polar surface area (TPSA) is 79.2 Å². The van der Waals surface area contributed by atoms with Crippen molar-refractivity contribution in [1.82, 2.24) is 24.0 Å². The number of rotatable bonds is 5. The lowest BCUT2D eigenvalue weighted by Crippen LogP contribution is -2.47. The zero-order valence-electron chi connectivity index (χ0n) is 21.5. The van der Waals surface area contributed by atoms with Gasteiger partial charge in [-0.2, -0.15) is 18.2 Å². The molecule has 0 spiro atoms. The smallest absolute Gasteiger partial charge is 0.340 e. The third-order valence-electron chi connectivity index (χ3n) is 7.19. The molecule has 38 heavy (non-hydrogen) atoms. The average Bonchev–Trinajstić information content (AvgIpc) is 3.25. The number of alkyl halides is 3. The molecule has 1 aliphatic rings. The zero-order chi connectivity index (χ0) is 27.2. The van der Waals surface area contributed by atoms with Crippen LogP contribution in [-0.2, 0) is 26.3 Å². The molecule has 0 aliphatic carbocycles. The number of piperazine rings is 1. The molecule has 1 aliphatic heterocycles. The van der Waals surface area contributed by atoms with Gasteiger partial charge in [0.15, 0.2) is 11.2 Å². The van der Waals surface area contributed by atoms with Crippen LogP contribution in [0.25, 0.3) is 11.2 Å². The molecule has 3 heterocycles. The van der Waals surface area contributed by atoms with Gasteiger partial charge in [0.25, 0.3) is 5.56 Å². The van der Waals surface area contributed by atoms with E-state index in [1.807, 2.05) is 4.90 Å². The van der Waals surface area contributed by atoms with Crippen molar-refractivity contribution < 1.29 is 13.2 Å². The standard InChI is InChI=1S/C27H29F3N6O2/c1-17-8-9-18(2)20(14-17)15-34-10-12-35(13-11-34)25-31-23-22(24(37)32-26(38)33(23)3)36(25)16-19-6-4-5-7-21(19)27(28,29)30/h4-9,14H,10-13,15-16H2,1-3H3,(H,32,37,38). The average molecular weight is 527 g/mol. The first-order valence-corrected chi connectivity index (χ1v) is 12.4. The monoisotopic (exact) mass is 526 g/mol. The van der Waals surface area contributed by atoms with E-state index >= 15 is 0 Å². The largest absolute Gasteiger partial charge is 0.416 e. The Kier molecular flexibility index (Phi) is 6.64. The number of benzene rings is 2. The SMILES string of the molecule is Cc1ccc(C)c(CN2CCN(c3nc4c(c(=O)[nH]c(=O)n4C)n3Cc3ccccc3C(F)(F)F)CC2)c1. The predicted octanol–water partition coefficient (Wildman–Crippen LogP) is 3.43. The third kappa shape index (κ3) is 4.85.